The molecule has 2 rings (SSSR count). The van der Waals surface area contributed by atoms with Crippen molar-refractivity contribution >= 4 is 0 Å². The Morgan fingerprint density at radius 3 is 2.36 bits per heavy atom. The summed E-state index contributed by atoms with van der Waals surface area (Å²) < 4.78 is 0. The second kappa shape index (κ2) is 2.04. The van der Waals surface area contributed by atoms with Crippen molar-refractivity contribution in [1.29, 1.82) is 0 Å². The summed E-state index contributed by atoms with van der Waals surface area (Å²) in [7, 11) is 1.61. The zero-order valence-electron chi connectivity index (χ0n) is 6.27. The van der Waals surface area contributed by atoms with E-state index >= 15 is 0 Å². The van der Waals surface area contributed by atoms with Crippen molar-refractivity contribution in [3.63, 3.8) is 0 Å². The first-order chi connectivity index (χ1) is 5.20. The van der Waals surface area contributed by atoms with Gasteiger partial charge in [-0.1, -0.05) is 23.0 Å². The average Bonchev–Trinajstić information content (AvgIpc) is 2.62. The topological polar surface area (TPSA) is 32.8 Å². The predicted molar refractivity (Wildman–Crippen MR) is 38.2 cm³/mol. The third-order valence-electron chi connectivity index (χ3n) is 1.79. The van der Waals surface area contributed by atoms with E-state index in [4.69, 9.17) is 4.84 Å². The Bertz CT molecular complexity index is 258. The number of hydroxylamine groups is 4. The first-order valence-corrected chi connectivity index (χ1v) is 3.52. The van der Waals surface area contributed by atoms with Crippen LogP contribution in [0.4, 0.5) is 0 Å². The molecule has 1 aliphatic rings. The van der Waals surface area contributed by atoms with Crippen LogP contribution in [0.3, 0.4) is 0 Å². The molecule has 0 bridgehead atoms. The summed E-state index contributed by atoms with van der Waals surface area (Å²) in [6.07, 6.45) is -0.184. The first kappa shape index (κ1) is 6.79. The lowest BCUT2D eigenvalue weighted by molar-refractivity contribution is -1.08. The second-order valence-electron chi connectivity index (χ2n) is 2.81. The van der Waals surface area contributed by atoms with Gasteiger partial charge in [0.15, 0.2) is 0 Å². The highest BCUT2D eigenvalue weighted by Crippen LogP contribution is 2.41. The Hall–Kier alpha value is -0.900. The molecule has 58 valence electrons. The highest BCUT2D eigenvalue weighted by Gasteiger charge is 2.57. The van der Waals surface area contributed by atoms with Crippen molar-refractivity contribution in [2.45, 2.75) is 6.23 Å². The van der Waals surface area contributed by atoms with E-state index in [2.05, 4.69) is 0 Å². The van der Waals surface area contributed by atoms with Gasteiger partial charge in [0.05, 0.1) is 0 Å². The Morgan fingerprint density at radius 2 is 1.91 bits per heavy atom. The predicted octanol–water partition coefficient (Wildman–Crippen LogP) is 1.47. The van der Waals surface area contributed by atoms with Crippen LogP contribution in [0.1, 0.15) is 11.8 Å². The molecule has 0 saturated carbocycles. The van der Waals surface area contributed by atoms with Crippen LogP contribution in [0.25, 0.3) is 0 Å². The summed E-state index contributed by atoms with van der Waals surface area (Å²) in [4.78, 5) is 4.64. The molecule has 0 amide bonds. The van der Waals surface area contributed by atoms with Crippen LogP contribution in [0.5, 0.6) is 0 Å². The van der Waals surface area contributed by atoms with Crippen molar-refractivity contribution < 1.29 is 14.9 Å². The lowest BCUT2D eigenvalue weighted by Gasteiger charge is -1.92. The second-order valence-corrected chi connectivity index (χ2v) is 2.81. The number of hydrogen-bond donors (Lipinski definition) is 1. The SMILES string of the molecule is C[N+]1(O)OC1c1ccccc1. The molecule has 0 aliphatic carbocycles. The summed E-state index contributed by atoms with van der Waals surface area (Å²) in [5.74, 6) is 0. The van der Waals surface area contributed by atoms with Gasteiger partial charge in [-0.2, -0.15) is 5.21 Å². The van der Waals surface area contributed by atoms with Crippen molar-refractivity contribution in [1.82, 2.24) is 0 Å². The number of benzene rings is 1. The van der Waals surface area contributed by atoms with Gasteiger partial charge in [0.2, 0.25) is 0 Å². The molecule has 11 heavy (non-hydrogen) atoms. The lowest BCUT2D eigenvalue weighted by atomic mass is 10.2. The summed E-state index contributed by atoms with van der Waals surface area (Å²) in [5.41, 5.74) is 1.01. The van der Waals surface area contributed by atoms with E-state index in [9.17, 15) is 5.21 Å². The molecule has 0 aromatic heterocycles. The van der Waals surface area contributed by atoms with Gasteiger partial charge in [0.25, 0.3) is 0 Å². The number of hydrogen-bond acceptors (Lipinski definition) is 2. The van der Waals surface area contributed by atoms with E-state index in [1.807, 2.05) is 30.3 Å². The smallest absolute Gasteiger partial charge is 0.179 e. The van der Waals surface area contributed by atoms with Crippen LogP contribution in [0.2, 0.25) is 0 Å². The summed E-state index contributed by atoms with van der Waals surface area (Å²) >= 11 is 0. The van der Waals surface area contributed by atoms with E-state index in [-0.39, 0.29) is 11.0 Å². The van der Waals surface area contributed by atoms with Crippen LogP contribution < -0.4 is 0 Å². The molecular weight excluding hydrogens is 142 g/mol. The highest BCUT2D eigenvalue weighted by atomic mass is 17.1. The largest absolute Gasteiger partial charge is 0.333 e. The molecule has 1 aromatic carbocycles. The molecule has 1 aromatic rings. The van der Waals surface area contributed by atoms with E-state index in [0.29, 0.717) is 0 Å². The molecule has 1 fully saturated rings. The monoisotopic (exact) mass is 152 g/mol. The summed E-state index contributed by atoms with van der Waals surface area (Å²) in [5, 5.41) is 9.26. The van der Waals surface area contributed by atoms with Gasteiger partial charge >= 0.3 is 6.23 Å². The average molecular weight is 152 g/mol. The molecule has 1 saturated heterocycles. The first-order valence-electron chi connectivity index (χ1n) is 3.52. The minimum absolute atomic E-state index is 0.184. The van der Waals surface area contributed by atoms with E-state index in [1.165, 1.54) is 0 Å². The lowest BCUT2D eigenvalue weighted by Crippen LogP contribution is -2.13. The summed E-state index contributed by atoms with van der Waals surface area (Å²) in [6, 6.07) is 9.66. The van der Waals surface area contributed by atoms with Crippen molar-refractivity contribution in [2.24, 2.45) is 0 Å². The van der Waals surface area contributed by atoms with Gasteiger partial charge < -0.3 is 0 Å². The van der Waals surface area contributed by atoms with Crippen LogP contribution in [0.15, 0.2) is 30.3 Å². The number of quaternary nitrogens is 1. The molecule has 0 spiro atoms. The van der Waals surface area contributed by atoms with Gasteiger partial charge in [-0.15, -0.1) is 0 Å². The standard InChI is InChI=1S/C8H10NO2/c1-9(10)8(11-9)7-5-3-2-4-6-7/h2-6,8,10H,1H3/q+1. The fraction of sp³-hybridized carbons (Fsp3) is 0.250. The fourth-order valence-electron chi connectivity index (χ4n) is 1.13. The molecule has 3 nitrogen and oxygen atoms in total. The van der Waals surface area contributed by atoms with Crippen molar-refractivity contribution in [3.05, 3.63) is 35.9 Å². The third-order valence-corrected chi connectivity index (χ3v) is 1.79. The van der Waals surface area contributed by atoms with E-state index in [0.717, 1.165) is 5.56 Å². The minimum atomic E-state index is -0.343. The molecular formula is C8H10NO2+. The molecule has 0 radical (unpaired) electrons. The van der Waals surface area contributed by atoms with Crippen molar-refractivity contribution in [3.8, 4) is 0 Å². The third kappa shape index (κ3) is 1.14. The van der Waals surface area contributed by atoms with Gasteiger partial charge in [-0.25, -0.2) is 0 Å². The fourth-order valence-corrected chi connectivity index (χ4v) is 1.13. The van der Waals surface area contributed by atoms with Gasteiger partial charge in [0.1, 0.15) is 7.05 Å². The minimum Gasteiger partial charge on any atom is -0.179 e. The molecule has 1 N–H and O–H groups in total. The maximum atomic E-state index is 9.26. The summed E-state index contributed by atoms with van der Waals surface area (Å²) in [6.45, 7) is 0. The Balaban J connectivity index is 2.21. The normalized spacial score (nSPS) is 35.3. The molecule has 2 unspecified atom stereocenters. The van der Waals surface area contributed by atoms with Crippen LogP contribution >= 0.6 is 0 Å². The quantitative estimate of drug-likeness (QED) is 0.488. The Morgan fingerprint density at radius 1 is 1.36 bits per heavy atom. The maximum Gasteiger partial charge on any atom is 0.333 e. The van der Waals surface area contributed by atoms with Gasteiger partial charge in [0, 0.05) is 5.56 Å². The van der Waals surface area contributed by atoms with E-state index in [1.54, 1.807) is 7.05 Å². The van der Waals surface area contributed by atoms with Crippen LogP contribution in [-0.4, -0.2) is 17.1 Å². The number of nitrogens with zero attached hydrogens (tertiary/aromatic N) is 1. The van der Waals surface area contributed by atoms with Crippen LogP contribution in [0, 0.1) is 0 Å². The molecule has 1 heterocycles. The zero-order valence-corrected chi connectivity index (χ0v) is 6.27. The van der Waals surface area contributed by atoms with E-state index < -0.39 is 0 Å². The molecule has 2 atom stereocenters. The Labute approximate surface area is 64.9 Å². The zero-order chi connectivity index (χ0) is 7.90. The highest BCUT2D eigenvalue weighted by molar-refractivity contribution is 5.16. The maximum absolute atomic E-state index is 9.26. The Kier molecular flexibility index (Phi) is 1.26. The number of rotatable bonds is 1. The van der Waals surface area contributed by atoms with Crippen LogP contribution in [-0.2, 0) is 4.84 Å². The van der Waals surface area contributed by atoms with Crippen molar-refractivity contribution in [2.75, 3.05) is 7.05 Å². The van der Waals surface area contributed by atoms with Gasteiger partial charge in [-0.05, 0) is 16.9 Å². The van der Waals surface area contributed by atoms with Gasteiger partial charge in [-0.3, -0.25) is 0 Å². The molecule has 3 heteroatoms. The molecule has 1 aliphatic heterocycles.